The molecule has 146 valence electrons. The van der Waals surface area contributed by atoms with Gasteiger partial charge in [0.15, 0.2) is 0 Å². The molecule has 0 heterocycles. The third-order valence-corrected chi connectivity index (χ3v) is 4.54. The molecule has 10 nitrogen and oxygen atoms in total. The SMILES string of the molecule is COC1CC(C(=O)C(=O)[C@H](O)[C@@H](O)[C@H](O)[C@H](O)CO)CC(OC)C1O. The summed E-state index contributed by atoms with van der Waals surface area (Å²) in [5.74, 6) is -3.26. The molecule has 6 atom stereocenters. The summed E-state index contributed by atoms with van der Waals surface area (Å²) in [6, 6.07) is 0. The lowest BCUT2D eigenvalue weighted by molar-refractivity contribution is -0.161. The Morgan fingerprint density at radius 2 is 1.48 bits per heavy atom. The van der Waals surface area contributed by atoms with E-state index in [-0.39, 0.29) is 12.8 Å². The van der Waals surface area contributed by atoms with E-state index in [2.05, 4.69) is 0 Å². The molecule has 25 heavy (non-hydrogen) atoms. The van der Waals surface area contributed by atoms with Gasteiger partial charge in [-0.2, -0.15) is 0 Å². The fourth-order valence-electron chi connectivity index (χ4n) is 2.89. The van der Waals surface area contributed by atoms with Crippen molar-refractivity contribution in [2.75, 3.05) is 20.8 Å². The standard InChI is InChI=1S/C15H26O10/c1-24-8-3-6(4-9(25-2)12(8)20)10(18)13(21)15(23)14(22)11(19)7(17)5-16/h6-9,11-12,14-17,19-20,22-23H,3-5H2,1-2H3/t6?,7-,8?,9?,11-,12?,14+,15+/m1/s1. The molecule has 0 aromatic carbocycles. The van der Waals surface area contributed by atoms with E-state index in [1.165, 1.54) is 14.2 Å². The van der Waals surface area contributed by atoms with Crippen LogP contribution in [-0.2, 0) is 19.1 Å². The van der Waals surface area contributed by atoms with Crippen LogP contribution in [0.15, 0.2) is 0 Å². The molecule has 10 heteroatoms. The number of rotatable bonds is 9. The van der Waals surface area contributed by atoms with Crippen LogP contribution in [0.25, 0.3) is 0 Å². The van der Waals surface area contributed by atoms with E-state index >= 15 is 0 Å². The van der Waals surface area contributed by atoms with Crippen LogP contribution in [0.5, 0.6) is 0 Å². The Morgan fingerprint density at radius 3 is 1.88 bits per heavy atom. The highest BCUT2D eigenvalue weighted by Gasteiger charge is 2.44. The van der Waals surface area contributed by atoms with Gasteiger partial charge >= 0.3 is 0 Å². The molecule has 0 aromatic rings. The molecule has 0 aliphatic heterocycles. The lowest BCUT2D eigenvalue weighted by Crippen LogP contribution is -2.53. The summed E-state index contributed by atoms with van der Waals surface area (Å²) < 4.78 is 10.2. The Labute approximate surface area is 144 Å². The second-order valence-electron chi connectivity index (χ2n) is 6.11. The number of carbonyl (C=O) groups excluding carboxylic acids is 2. The van der Waals surface area contributed by atoms with Crippen molar-refractivity contribution in [2.24, 2.45) is 5.92 Å². The summed E-state index contributed by atoms with van der Waals surface area (Å²) in [5, 5.41) is 57.0. The van der Waals surface area contributed by atoms with E-state index in [0.29, 0.717) is 0 Å². The Balaban J connectivity index is 2.82. The maximum Gasteiger partial charge on any atom is 0.229 e. The number of aliphatic hydroxyl groups excluding tert-OH is 6. The summed E-state index contributed by atoms with van der Waals surface area (Å²) in [7, 11) is 2.67. The zero-order chi connectivity index (χ0) is 19.3. The van der Waals surface area contributed by atoms with Crippen molar-refractivity contribution in [1.29, 1.82) is 0 Å². The third kappa shape index (κ3) is 5.02. The van der Waals surface area contributed by atoms with Crippen LogP contribution >= 0.6 is 0 Å². The minimum absolute atomic E-state index is 0.0206. The number of Topliss-reactive ketones (excluding diaryl/α,β-unsaturated/α-hetero) is 2. The maximum atomic E-state index is 12.3. The quantitative estimate of drug-likeness (QED) is 0.223. The molecule has 6 N–H and O–H groups in total. The molecule has 0 aromatic heterocycles. The summed E-state index contributed by atoms with van der Waals surface area (Å²) in [4.78, 5) is 24.4. The Bertz CT molecular complexity index is 442. The van der Waals surface area contributed by atoms with Gasteiger partial charge in [-0.25, -0.2) is 0 Å². The van der Waals surface area contributed by atoms with Gasteiger partial charge in [-0.3, -0.25) is 9.59 Å². The van der Waals surface area contributed by atoms with Crippen LogP contribution in [0.2, 0.25) is 0 Å². The molecule has 0 spiro atoms. The van der Waals surface area contributed by atoms with Crippen molar-refractivity contribution in [3.05, 3.63) is 0 Å². The molecular weight excluding hydrogens is 340 g/mol. The number of carbonyl (C=O) groups is 2. The topological polar surface area (TPSA) is 174 Å². The first kappa shape index (κ1) is 22.1. The monoisotopic (exact) mass is 366 g/mol. The molecule has 0 amide bonds. The number of ketones is 2. The number of hydrogen-bond donors (Lipinski definition) is 6. The highest BCUT2D eigenvalue weighted by Crippen LogP contribution is 2.30. The zero-order valence-electron chi connectivity index (χ0n) is 14.1. The van der Waals surface area contributed by atoms with Crippen LogP contribution in [0.3, 0.4) is 0 Å². The largest absolute Gasteiger partial charge is 0.394 e. The third-order valence-electron chi connectivity index (χ3n) is 4.54. The molecule has 1 fully saturated rings. The second-order valence-corrected chi connectivity index (χ2v) is 6.11. The van der Waals surface area contributed by atoms with Crippen LogP contribution in [0.4, 0.5) is 0 Å². The molecule has 0 bridgehead atoms. The second kappa shape index (κ2) is 9.64. The molecule has 2 unspecified atom stereocenters. The first-order chi connectivity index (χ1) is 11.7. The van der Waals surface area contributed by atoms with E-state index in [9.17, 15) is 35.1 Å². The molecule has 0 radical (unpaired) electrons. The van der Waals surface area contributed by atoms with Crippen molar-refractivity contribution in [3.63, 3.8) is 0 Å². The lowest BCUT2D eigenvalue weighted by Gasteiger charge is -2.37. The first-order valence-electron chi connectivity index (χ1n) is 7.84. The van der Waals surface area contributed by atoms with Crippen molar-refractivity contribution >= 4 is 11.6 Å². The van der Waals surface area contributed by atoms with Crippen LogP contribution in [-0.4, -0.2) is 106 Å². The first-order valence-corrected chi connectivity index (χ1v) is 7.84. The molecule has 1 rings (SSSR count). The van der Waals surface area contributed by atoms with E-state index in [4.69, 9.17) is 14.6 Å². The van der Waals surface area contributed by atoms with Gasteiger partial charge in [-0.05, 0) is 12.8 Å². The average molecular weight is 366 g/mol. The molecule has 1 aliphatic rings. The van der Waals surface area contributed by atoms with Crippen molar-refractivity contribution in [3.8, 4) is 0 Å². The predicted octanol–water partition coefficient (Wildman–Crippen LogP) is -3.64. The van der Waals surface area contributed by atoms with Crippen LogP contribution in [0, 0.1) is 5.92 Å². The fourth-order valence-corrected chi connectivity index (χ4v) is 2.89. The molecule has 0 saturated heterocycles. The minimum Gasteiger partial charge on any atom is -0.394 e. The predicted molar refractivity (Wildman–Crippen MR) is 81.5 cm³/mol. The lowest BCUT2D eigenvalue weighted by atomic mass is 9.78. The maximum absolute atomic E-state index is 12.3. The normalized spacial score (nSPS) is 31.8. The summed E-state index contributed by atoms with van der Waals surface area (Å²) >= 11 is 0. The van der Waals surface area contributed by atoms with Crippen molar-refractivity contribution in [2.45, 2.75) is 55.6 Å². The smallest absolute Gasteiger partial charge is 0.229 e. The van der Waals surface area contributed by atoms with Crippen molar-refractivity contribution < 1.29 is 49.7 Å². The summed E-state index contributed by atoms with van der Waals surface area (Å²) in [6.07, 6.45) is -10.6. The minimum atomic E-state index is -2.27. The van der Waals surface area contributed by atoms with Crippen LogP contribution in [0.1, 0.15) is 12.8 Å². The Hall–Kier alpha value is -0.980. The van der Waals surface area contributed by atoms with Crippen LogP contribution < -0.4 is 0 Å². The molecule has 1 aliphatic carbocycles. The van der Waals surface area contributed by atoms with E-state index in [0.717, 1.165) is 0 Å². The number of methoxy groups -OCH3 is 2. The van der Waals surface area contributed by atoms with Gasteiger partial charge in [0.05, 0.1) is 18.8 Å². The van der Waals surface area contributed by atoms with Gasteiger partial charge in [-0.15, -0.1) is 0 Å². The summed E-state index contributed by atoms with van der Waals surface area (Å²) in [5.41, 5.74) is 0. The van der Waals surface area contributed by atoms with Gasteiger partial charge in [-0.1, -0.05) is 0 Å². The fraction of sp³-hybridized carbons (Fsp3) is 0.867. The molecule has 1 saturated carbocycles. The van der Waals surface area contributed by atoms with E-state index in [1.54, 1.807) is 0 Å². The average Bonchev–Trinajstić information content (AvgIpc) is 2.64. The number of hydrogen-bond acceptors (Lipinski definition) is 10. The van der Waals surface area contributed by atoms with Gasteiger partial charge in [0.25, 0.3) is 0 Å². The zero-order valence-corrected chi connectivity index (χ0v) is 14.1. The Morgan fingerprint density at radius 1 is 1.00 bits per heavy atom. The molecular formula is C15H26O10. The summed E-state index contributed by atoms with van der Waals surface area (Å²) in [6.45, 7) is -0.904. The van der Waals surface area contributed by atoms with Gasteiger partial charge < -0.3 is 40.1 Å². The van der Waals surface area contributed by atoms with Gasteiger partial charge in [0.2, 0.25) is 11.6 Å². The van der Waals surface area contributed by atoms with E-state index in [1.807, 2.05) is 0 Å². The number of ether oxygens (including phenoxy) is 2. The van der Waals surface area contributed by atoms with Crippen molar-refractivity contribution in [1.82, 2.24) is 0 Å². The van der Waals surface area contributed by atoms with Gasteiger partial charge in [0.1, 0.15) is 30.5 Å². The Kier molecular flexibility index (Phi) is 8.51. The highest BCUT2D eigenvalue weighted by molar-refractivity contribution is 6.39. The van der Waals surface area contributed by atoms with Gasteiger partial charge in [0, 0.05) is 20.1 Å². The highest BCUT2D eigenvalue weighted by atomic mass is 16.5. The number of aliphatic hydroxyl groups is 6. The van der Waals surface area contributed by atoms with E-state index < -0.39 is 66.8 Å².